The molecule has 1 aliphatic rings. The maximum Gasteiger partial charge on any atom is 0.0159 e. The van der Waals surface area contributed by atoms with E-state index in [-0.39, 0.29) is 5.41 Å². The summed E-state index contributed by atoms with van der Waals surface area (Å²) in [6.07, 6.45) is 1.96. The molecule has 0 bridgehead atoms. The smallest absolute Gasteiger partial charge is 0.0159 e. The van der Waals surface area contributed by atoms with Crippen LogP contribution in [0.25, 0.3) is 65.7 Å². The van der Waals surface area contributed by atoms with E-state index in [1.807, 2.05) is 17.8 Å². The standard InChI is InChI=1S/C42H32S/c1-4-25-43-28-23-21-27(22-24-28)39-31-15-7-9-17-33(31)40(34-18-10-8-16-32(34)39)36-26-38-41(30-14-6-5-13-29(30)36)35-19-11-12-20-37(35)42(38,2)3/h4-24,26H,1,25H2,2-3H3. The van der Waals surface area contributed by atoms with Gasteiger partial charge in [-0.1, -0.05) is 129 Å². The molecule has 0 aliphatic heterocycles. The molecule has 206 valence electrons. The van der Waals surface area contributed by atoms with Crippen LogP contribution < -0.4 is 0 Å². The summed E-state index contributed by atoms with van der Waals surface area (Å²) in [7, 11) is 0. The normalized spacial score (nSPS) is 13.3. The van der Waals surface area contributed by atoms with Crippen molar-refractivity contribution in [3.8, 4) is 33.4 Å². The predicted molar refractivity (Wildman–Crippen MR) is 188 cm³/mol. The Kier molecular flexibility index (Phi) is 6.06. The lowest BCUT2D eigenvalue weighted by atomic mass is 9.79. The summed E-state index contributed by atoms with van der Waals surface area (Å²) < 4.78 is 0. The molecular weight excluding hydrogens is 537 g/mol. The van der Waals surface area contributed by atoms with E-state index in [1.54, 1.807) is 0 Å². The van der Waals surface area contributed by atoms with Crippen LogP contribution in [-0.2, 0) is 5.41 Å². The van der Waals surface area contributed by atoms with Crippen molar-refractivity contribution in [3.63, 3.8) is 0 Å². The first-order valence-electron chi connectivity index (χ1n) is 15.0. The molecule has 0 atom stereocenters. The maximum atomic E-state index is 3.88. The van der Waals surface area contributed by atoms with Gasteiger partial charge in [0.25, 0.3) is 0 Å². The summed E-state index contributed by atoms with van der Waals surface area (Å²) in [5, 5.41) is 7.79. The molecule has 0 aromatic heterocycles. The summed E-state index contributed by atoms with van der Waals surface area (Å²) in [6, 6.07) is 47.5. The van der Waals surface area contributed by atoms with E-state index < -0.39 is 0 Å². The summed E-state index contributed by atoms with van der Waals surface area (Å²) >= 11 is 1.82. The molecule has 0 spiro atoms. The molecular formula is C42H32S. The first-order chi connectivity index (χ1) is 21.1. The number of hydrogen-bond acceptors (Lipinski definition) is 1. The van der Waals surface area contributed by atoms with Crippen molar-refractivity contribution in [3.05, 3.63) is 151 Å². The molecule has 0 radical (unpaired) electrons. The van der Waals surface area contributed by atoms with Gasteiger partial charge >= 0.3 is 0 Å². The second kappa shape index (κ2) is 10.0. The molecule has 0 unspecified atom stereocenters. The molecule has 1 heteroatoms. The number of rotatable bonds is 5. The van der Waals surface area contributed by atoms with Gasteiger partial charge < -0.3 is 0 Å². The van der Waals surface area contributed by atoms with Crippen molar-refractivity contribution < 1.29 is 0 Å². The second-order valence-corrected chi connectivity index (χ2v) is 13.1. The van der Waals surface area contributed by atoms with Crippen LogP contribution in [0.1, 0.15) is 25.0 Å². The Morgan fingerprint density at radius 1 is 0.535 bits per heavy atom. The van der Waals surface area contributed by atoms with E-state index in [0.717, 1.165) is 5.75 Å². The van der Waals surface area contributed by atoms with E-state index in [4.69, 9.17) is 0 Å². The topological polar surface area (TPSA) is 0 Å². The van der Waals surface area contributed by atoms with E-state index in [2.05, 4.69) is 148 Å². The molecule has 1 aliphatic carbocycles. The minimum Gasteiger partial charge on any atom is -0.122 e. The Morgan fingerprint density at radius 3 is 1.65 bits per heavy atom. The maximum absolute atomic E-state index is 3.88. The molecule has 0 N–H and O–H groups in total. The highest BCUT2D eigenvalue weighted by molar-refractivity contribution is 7.99. The van der Waals surface area contributed by atoms with E-state index in [0.29, 0.717) is 0 Å². The largest absolute Gasteiger partial charge is 0.122 e. The van der Waals surface area contributed by atoms with Gasteiger partial charge in [0, 0.05) is 16.1 Å². The fourth-order valence-corrected chi connectivity index (χ4v) is 8.00. The molecule has 0 nitrogen and oxygen atoms in total. The van der Waals surface area contributed by atoms with Gasteiger partial charge in [0.1, 0.15) is 0 Å². The van der Waals surface area contributed by atoms with Crippen LogP contribution in [-0.4, -0.2) is 5.75 Å². The van der Waals surface area contributed by atoms with Crippen LogP contribution in [0.5, 0.6) is 0 Å². The lowest BCUT2D eigenvalue weighted by molar-refractivity contribution is 0.661. The van der Waals surface area contributed by atoms with Crippen LogP contribution >= 0.6 is 11.8 Å². The van der Waals surface area contributed by atoms with Gasteiger partial charge in [0.15, 0.2) is 0 Å². The summed E-state index contributed by atoms with van der Waals surface area (Å²) in [5.41, 5.74) is 10.7. The molecule has 7 aromatic carbocycles. The van der Waals surface area contributed by atoms with Crippen molar-refractivity contribution in [2.75, 3.05) is 5.75 Å². The Hall–Kier alpha value is -4.59. The zero-order valence-corrected chi connectivity index (χ0v) is 25.3. The Bertz CT molecular complexity index is 2160. The van der Waals surface area contributed by atoms with Gasteiger partial charge in [0.2, 0.25) is 0 Å². The lowest BCUT2D eigenvalue weighted by Crippen LogP contribution is -2.15. The molecule has 8 rings (SSSR count). The number of thioether (sulfide) groups is 1. The fourth-order valence-electron chi connectivity index (χ4n) is 7.36. The minimum atomic E-state index is -0.0817. The zero-order chi connectivity index (χ0) is 29.1. The predicted octanol–water partition coefficient (Wildman–Crippen LogP) is 12.1. The molecule has 0 saturated heterocycles. The number of hydrogen-bond donors (Lipinski definition) is 0. The average Bonchev–Trinajstić information content (AvgIpc) is 3.29. The zero-order valence-electron chi connectivity index (χ0n) is 24.5. The number of benzene rings is 7. The third-order valence-corrected chi connectivity index (χ3v) is 10.3. The molecule has 0 heterocycles. The Labute approximate surface area is 257 Å². The molecule has 0 saturated carbocycles. The third kappa shape index (κ3) is 3.92. The molecule has 43 heavy (non-hydrogen) atoms. The summed E-state index contributed by atoms with van der Waals surface area (Å²) in [5.74, 6) is 0.913. The van der Waals surface area contributed by atoms with Gasteiger partial charge in [-0.3, -0.25) is 0 Å². The third-order valence-electron chi connectivity index (χ3n) is 9.30. The van der Waals surface area contributed by atoms with Crippen LogP contribution in [0, 0.1) is 0 Å². The number of fused-ring (bicyclic) bond motifs is 7. The van der Waals surface area contributed by atoms with Gasteiger partial charge in [-0.25, -0.2) is 0 Å². The summed E-state index contributed by atoms with van der Waals surface area (Å²) in [4.78, 5) is 1.27. The van der Waals surface area contributed by atoms with Crippen molar-refractivity contribution in [2.24, 2.45) is 0 Å². The first kappa shape index (κ1) is 26.1. The van der Waals surface area contributed by atoms with E-state index >= 15 is 0 Å². The lowest BCUT2D eigenvalue weighted by Gasteiger charge is -2.24. The van der Waals surface area contributed by atoms with Crippen molar-refractivity contribution in [2.45, 2.75) is 24.2 Å². The van der Waals surface area contributed by atoms with Crippen LogP contribution in [0.15, 0.2) is 145 Å². The van der Waals surface area contributed by atoms with Crippen molar-refractivity contribution >= 4 is 44.1 Å². The summed E-state index contributed by atoms with van der Waals surface area (Å²) in [6.45, 7) is 8.64. The second-order valence-electron chi connectivity index (χ2n) is 12.0. The average molecular weight is 569 g/mol. The SMILES string of the molecule is C=CCSc1ccc(-c2c3ccccc3c(-c3cc4c(c5ccccc35)-c3ccccc3C4(C)C)c3ccccc23)cc1. The van der Waals surface area contributed by atoms with Crippen LogP contribution in [0.4, 0.5) is 0 Å². The van der Waals surface area contributed by atoms with Gasteiger partial charge in [-0.2, -0.15) is 0 Å². The fraction of sp³-hybridized carbons (Fsp3) is 0.0952. The molecule has 0 fully saturated rings. The van der Waals surface area contributed by atoms with E-state index in [1.165, 1.54) is 81.7 Å². The monoisotopic (exact) mass is 568 g/mol. The highest BCUT2D eigenvalue weighted by Crippen LogP contribution is 2.54. The van der Waals surface area contributed by atoms with Crippen LogP contribution in [0.3, 0.4) is 0 Å². The van der Waals surface area contributed by atoms with E-state index in [9.17, 15) is 0 Å². The van der Waals surface area contributed by atoms with Gasteiger partial charge in [0.05, 0.1) is 0 Å². The van der Waals surface area contributed by atoms with Crippen molar-refractivity contribution in [1.29, 1.82) is 0 Å². The minimum absolute atomic E-state index is 0.0817. The van der Waals surface area contributed by atoms with Crippen molar-refractivity contribution in [1.82, 2.24) is 0 Å². The van der Waals surface area contributed by atoms with Crippen LogP contribution in [0.2, 0.25) is 0 Å². The Balaban J connectivity index is 1.47. The van der Waals surface area contributed by atoms with Gasteiger partial charge in [-0.15, -0.1) is 18.3 Å². The molecule has 7 aromatic rings. The quantitative estimate of drug-likeness (QED) is 0.113. The highest BCUT2D eigenvalue weighted by Gasteiger charge is 2.37. The Morgan fingerprint density at radius 2 is 1.05 bits per heavy atom. The van der Waals surface area contributed by atoms with Gasteiger partial charge in [-0.05, 0) is 95.0 Å². The first-order valence-corrected chi connectivity index (χ1v) is 16.0. The highest BCUT2D eigenvalue weighted by atomic mass is 32.2. The molecule has 0 amide bonds.